The van der Waals surface area contributed by atoms with Crippen molar-refractivity contribution >= 4 is 33.0 Å². The maximum Gasteiger partial charge on any atom is 0.262 e. The predicted octanol–water partition coefficient (Wildman–Crippen LogP) is 2.53. The van der Waals surface area contributed by atoms with Gasteiger partial charge in [0.05, 0.1) is 35.7 Å². The van der Waals surface area contributed by atoms with Gasteiger partial charge in [-0.05, 0) is 37.6 Å². The minimum absolute atomic E-state index is 0.0599. The summed E-state index contributed by atoms with van der Waals surface area (Å²) in [6.45, 7) is 2.92. The lowest BCUT2D eigenvalue weighted by molar-refractivity contribution is -0.118. The summed E-state index contributed by atoms with van der Waals surface area (Å²) in [5.41, 5.74) is 1.28. The highest BCUT2D eigenvalue weighted by Crippen LogP contribution is 2.35. The van der Waals surface area contributed by atoms with E-state index >= 15 is 0 Å². The Kier molecular flexibility index (Phi) is 6.40. The van der Waals surface area contributed by atoms with Gasteiger partial charge in [0.2, 0.25) is 5.91 Å². The Morgan fingerprint density at radius 2 is 1.97 bits per heavy atom. The topological polar surface area (TPSA) is 120 Å². The molecule has 2 amide bonds. The van der Waals surface area contributed by atoms with Crippen molar-refractivity contribution in [2.24, 2.45) is 0 Å². The van der Waals surface area contributed by atoms with E-state index in [1.807, 2.05) is 0 Å². The van der Waals surface area contributed by atoms with Gasteiger partial charge in [0.1, 0.15) is 17.2 Å². The second kappa shape index (κ2) is 8.84. The van der Waals surface area contributed by atoms with Crippen LogP contribution in [0.3, 0.4) is 0 Å². The number of hydrogen-bond donors (Lipinski definition) is 2. The monoisotopic (exact) mass is 448 g/mol. The fraction of sp³-hybridized carbons (Fsp3) is 0.333. The van der Waals surface area contributed by atoms with Gasteiger partial charge in [-0.15, -0.1) is 0 Å². The highest BCUT2D eigenvalue weighted by Gasteiger charge is 2.30. The van der Waals surface area contributed by atoms with Crippen LogP contribution in [0.2, 0.25) is 0 Å². The third kappa shape index (κ3) is 4.74. The number of fused-ring (bicyclic) bond motifs is 1. The van der Waals surface area contributed by atoms with Gasteiger partial charge in [-0.2, -0.15) is 0 Å². The number of sulfone groups is 1. The molecule has 1 atom stereocenters. The molecule has 0 unspecified atom stereocenters. The van der Waals surface area contributed by atoms with Gasteiger partial charge in [0, 0.05) is 18.6 Å². The normalized spacial score (nSPS) is 14.0. The molecular formula is C21H24N2O7S. The summed E-state index contributed by atoms with van der Waals surface area (Å²) in [6.07, 6.45) is -0.258. The molecule has 2 aromatic carbocycles. The molecule has 0 bridgehead atoms. The molecule has 0 saturated carbocycles. The molecule has 10 heteroatoms. The van der Waals surface area contributed by atoms with Crippen molar-refractivity contribution < 1.29 is 32.2 Å². The number of methoxy groups -OCH3 is 2. The van der Waals surface area contributed by atoms with Gasteiger partial charge in [-0.3, -0.25) is 9.59 Å². The van der Waals surface area contributed by atoms with Crippen LogP contribution in [0.5, 0.6) is 17.2 Å². The van der Waals surface area contributed by atoms with E-state index in [1.54, 1.807) is 31.2 Å². The lowest BCUT2D eigenvalue weighted by Crippen LogP contribution is -2.27. The van der Waals surface area contributed by atoms with Crippen LogP contribution in [-0.2, 0) is 19.4 Å². The first kappa shape index (κ1) is 22.4. The summed E-state index contributed by atoms with van der Waals surface area (Å²) in [5.74, 6) is 0.462. The zero-order chi connectivity index (χ0) is 22.8. The van der Waals surface area contributed by atoms with E-state index in [2.05, 4.69) is 10.6 Å². The molecule has 1 heterocycles. The number of rotatable bonds is 7. The average molecular weight is 448 g/mol. The van der Waals surface area contributed by atoms with Gasteiger partial charge in [-0.25, -0.2) is 8.42 Å². The molecule has 3 rings (SSSR count). The molecule has 1 aliphatic rings. The van der Waals surface area contributed by atoms with Crippen LogP contribution in [-0.4, -0.2) is 46.3 Å². The molecule has 1 aliphatic heterocycles. The van der Waals surface area contributed by atoms with E-state index in [0.29, 0.717) is 28.4 Å². The standard InChI is InChI=1S/C21H24N2O7S/c1-12-7-16-18(30-11-21(25)23-16)10-19(12)31(26,27)13(2)8-20(24)22-15-6-5-14(28-3)9-17(15)29-4/h5-7,9-10,13H,8,11H2,1-4H3,(H,22,24)(H,23,25)/t13-/m0/s1. The number of carbonyl (C=O) groups excluding carboxylic acids is 2. The molecule has 2 N–H and O–H groups in total. The Balaban J connectivity index is 1.77. The molecule has 9 nitrogen and oxygen atoms in total. The van der Waals surface area contributed by atoms with Crippen LogP contribution in [0.15, 0.2) is 35.2 Å². The molecule has 0 radical (unpaired) electrons. The predicted molar refractivity (Wildman–Crippen MR) is 115 cm³/mol. The van der Waals surface area contributed by atoms with Crippen molar-refractivity contribution in [1.82, 2.24) is 0 Å². The minimum Gasteiger partial charge on any atom is -0.497 e. The van der Waals surface area contributed by atoms with Crippen molar-refractivity contribution in [2.45, 2.75) is 30.4 Å². The third-order valence-corrected chi connectivity index (χ3v) is 7.18. The molecule has 166 valence electrons. The van der Waals surface area contributed by atoms with E-state index in [9.17, 15) is 18.0 Å². The lowest BCUT2D eigenvalue weighted by atomic mass is 10.2. The number of hydrogen-bond acceptors (Lipinski definition) is 7. The van der Waals surface area contributed by atoms with Gasteiger partial charge in [0.15, 0.2) is 16.4 Å². The lowest BCUT2D eigenvalue weighted by Gasteiger charge is -2.21. The van der Waals surface area contributed by atoms with Crippen molar-refractivity contribution in [3.05, 3.63) is 35.9 Å². The summed E-state index contributed by atoms with van der Waals surface area (Å²) in [5, 5.41) is 4.33. The molecule has 2 aromatic rings. The summed E-state index contributed by atoms with van der Waals surface area (Å²) in [4.78, 5) is 24.1. The van der Waals surface area contributed by atoms with Crippen LogP contribution in [0, 0.1) is 6.92 Å². The van der Waals surface area contributed by atoms with Crippen molar-refractivity contribution in [3.8, 4) is 17.2 Å². The fourth-order valence-corrected chi connectivity index (χ4v) is 4.80. The number of aryl methyl sites for hydroxylation is 1. The molecule has 31 heavy (non-hydrogen) atoms. The van der Waals surface area contributed by atoms with E-state index < -0.39 is 21.0 Å². The highest BCUT2D eigenvalue weighted by atomic mass is 32.2. The summed E-state index contributed by atoms with van der Waals surface area (Å²) < 4.78 is 42.0. The summed E-state index contributed by atoms with van der Waals surface area (Å²) in [7, 11) is -0.861. The minimum atomic E-state index is -3.84. The van der Waals surface area contributed by atoms with Gasteiger partial charge in [-0.1, -0.05) is 0 Å². The smallest absolute Gasteiger partial charge is 0.262 e. The van der Waals surface area contributed by atoms with E-state index in [-0.39, 0.29) is 29.6 Å². The number of anilines is 2. The Morgan fingerprint density at radius 1 is 1.23 bits per heavy atom. The van der Waals surface area contributed by atoms with Gasteiger partial charge in [0.25, 0.3) is 5.91 Å². The third-order valence-electron chi connectivity index (χ3n) is 4.90. The number of ether oxygens (including phenoxy) is 3. The van der Waals surface area contributed by atoms with Gasteiger partial charge < -0.3 is 24.8 Å². The van der Waals surface area contributed by atoms with Gasteiger partial charge >= 0.3 is 0 Å². The Morgan fingerprint density at radius 3 is 2.65 bits per heavy atom. The summed E-state index contributed by atoms with van der Waals surface area (Å²) >= 11 is 0. The van der Waals surface area contributed by atoms with Crippen molar-refractivity contribution in [2.75, 3.05) is 31.5 Å². The maximum atomic E-state index is 13.1. The maximum absolute atomic E-state index is 13.1. The number of amides is 2. The Bertz CT molecular complexity index is 1130. The van der Waals surface area contributed by atoms with Crippen molar-refractivity contribution in [1.29, 1.82) is 0 Å². The van der Waals surface area contributed by atoms with E-state index in [4.69, 9.17) is 14.2 Å². The van der Waals surface area contributed by atoms with Crippen LogP contribution in [0.1, 0.15) is 18.9 Å². The van der Waals surface area contributed by atoms with Crippen LogP contribution in [0.4, 0.5) is 11.4 Å². The SMILES string of the molecule is COc1ccc(NC(=O)C[C@H](C)S(=O)(=O)c2cc3c(cc2C)NC(=O)CO3)c(OC)c1. The van der Waals surface area contributed by atoms with Crippen LogP contribution >= 0.6 is 0 Å². The number of carbonyl (C=O) groups is 2. The molecule has 0 aliphatic carbocycles. The second-order valence-corrected chi connectivity index (χ2v) is 9.46. The van der Waals surface area contributed by atoms with E-state index in [1.165, 1.54) is 27.2 Å². The molecule has 0 spiro atoms. The van der Waals surface area contributed by atoms with Crippen LogP contribution in [0.25, 0.3) is 0 Å². The van der Waals surface area contributed by atoms with E-state index in [0.717, 1.165) is 0 Å². The Labute approximate surface area is 180 Å². The van der Waals surface area contributed by atoms with Crippen molar-refractivity contribution in [3.63, 3.8) is 0 Å². The first-order valence-corrected chi connectivity index (χ1v) is 11.0. The second-order valence-electron chi connectivity index (χ2n) is 7.12. The molecule has 0 saturated heterocycles. The Hall–Kier alpha value is -3.27. The highest BCUT2D eigenvalue weighted by molar-refractivity contribution is 7.92. The number of benzene rings is 2. The first-order valence-electron chi connectivity index (χ1n) is 9.48. The average Bonchev–Trinajstić information content (AvgIpc) is 2.73. The fourth-order valence-electron chi connectivity index (χ4n) is 3.21. The van der Waals surface area contributed by atoms with Crippen LogP contribution < -0.4 is 24.8 Å². The quantitative estimate of drug-likeness (QED) is 0.668. The number of nitrogens with one attached hydrogen (secondary N) is 2. The molecule has 0 aromatic heterocycles. The largest absolute Gasteiger partial charge is 0.497 e. The zero-order valence-electron chi connectivity index (χ0n) is 17.6. The first-order chi connectivity index (χ1) is 14.6. The molecule has 0 fully saturated rings. The molecular weight excluding hydrogens is 424 g/mol. The summed E-state index contributed by atoms with van der Waals surface area (Å²) in [6, 6.07) is 7.83. The zero-order valence-corrected chi connectivity index (χ0v) is 18.5.